The van der Waals surface area contributed by atoms with Crippen LogP contribution >= 0.6 is 0 Å². The number of para-hydroxylation sites is 1. The van der Waals surface area contributed by atoms with Crippen molar-refractivity contribution in [1.29, 1.82) is 0 Å². The van der Waals surface area contributed by atoms with Crippen LogP contribution in [0.2, 0.25) is 0 Å². The van der Waals surface area contributed by atoms with Gasteiger partial charge in [-0.05, 0) is 43.0 Å². The Balaban J connectivity index is 1.27. The second-order valence-corrected chi connectivity index (χ2v) is 7.30. The zero-order valence-electron chi connectivity index (χ0n) is 15.6. The molecule has 6 heteroatoms. The third-order valence-corrected chi connectivity index (χ3v) is 5.44. The Bertz CT molecular complexity index is 766. The lowest BCUT2D eigenvalue weighted by molar-refractivity contribution is -0.127. The molecule has 2 aliphatic rings. The van der Waals surface area contributed by atoms with Crippen LogP contribution in [-0.4, -0.2) is 43.7 Å². The maximum atomic E-state index is 12.7. The number of hydrogen-bond acceptors (Lipinski definition) is 5. The fourth-order valence-corrected chi connectivity index (χ4v) is 3.90. The molecule has 4 rings (SSSR count). The number of methoxy groups -OCH3 is 1. The van der Waals surface area contributed by atoms with Gasteiger partial charge >= 0.3 is 0 Å². The van der Waals surface area contributed by atoms with Crippen molar-refractivity contribution in [2.24, 2.45) is 5.92 Å². The normalized spacial score (nSPS) is 20.6. The molecule has 2 aromatic rings. The van der Waals surface area contributed by atoms with Crippen molar-refractivity contribution in [3.05, 3.63) is 47.9 Å². The number of hydrogen-bond donors (Lipinski definition) is 1. The molecule has 1 fully saturated rings. The topological polar surface area (TPSA) is 63.9 Å². The van der Waals surface area contributed by atoms with Gasteiger partial charge in [0, 0.05) is 19.1 Å². The van der Waals surface area contributed by atoms with Crippen molar-refractivity contribution in [3.8, 4) is 11.5 Å². The van der Waals surface area contributed by atoms with Gasteiger partial charge in [0.25, 0.3) is 0 Å². The molecule has 1 aromatic carbocycles. The third kappa shape index (κ3) is 4.11. The SMILES string of the molecule is COc1cccc2c1OC[C@H](C(=O)NC1CCN(Cc3ccco3)CC1)C2. The highest BCUT2D eigenvalue weighted by atomic mass is 16.5. The summed E-state index contributed by atoms with van der Waals surface area (Å²) >= 11 is 0. The summed E-state index contributed by atoms with van der Waals surface area (Å²) in [6, 6.07) is 9.99. The van der Waals surface area contributed by atoms with Gasteiger partial charge in [0.15, 0.2) is 11.5 Å². The van der Waals surface area contributed by atoms with Crippen LogP contribution in [0.15, 0.2) is 41.0 Å². The molecule has 1 aromatic heterocycles. The summed E-state index contributed by atoms with van der Waals surface area (Å²) in [6.45, 7) is 3.17. The van der Waals surface area contributed by atoms with E-state index in [9.17, 15) is 4.79 Å². The molecular weight excluding hydrogens is 344 g/mol. The first-order chi connectivity index (χ1) is 13.2. The second-order valence-electron chi connectivity index (χ2n) is 7.30. The fraction of sp³-hybridized carbons (Fsp3) is 0.476. The number of nitrogens with one attached hydrogen (secondary N) is 1. The molecule has 1 N–H and O–H groups in total. The Hall–Kier alpha value is -2.47. The van der Waals surface area contributed by atoms with Crippen LogP contribution in [0.25, 0.3) is 0 Å². The van der Waals surface area contributed by atoms with Crippen LogP contribution in [0.3, 0.4) is 0 Å². The van der Waals surface area contributed by atoms with Gasteiger partial charge in [-0.3, -0.25) is 9.69 Å². The van der Waals surface area contributed by atoms with Gasteiger partial charge in [-0.25, -0.2) is 0 Å². The van der Waals surface area contributed by atoms with E-state index in [1.807, 2.05) is 30.3 Å². The van der Waals surface area contributed by atoms with Crippen LogP contribution in [0, 0.1) is 5.92 Å². The highest BCUT2D eigenvalue weighted by Gasteiger charge is 2.30. The van der Waals surface area contributed by atoms with Crippen LogP contribution in [0.5, 0.6) is 11.5 Å². The number of ether oxygens (including phenoxy) is 2. The molecule has 1 amide bonds. The van der Waals surface area contributed by atoms with E-state index in [-0.39, 0.29) is 17.9 Å². The van der Waals surface area contributed by atoms with Crippen molar-refractivity contribution >= 4 is 5.91 Å². The zero-order chi connectivity index (χ0) is 18.6. The van der Waals surface area contributed by atoms with Crippen LogP contribution in [-0.2, 0) is 17.8 Å². The molecule has 0 aliphatic carbocycles. The first kappa shape index (κ1) is 17.9. The molecule has 144 valence electrons. The first-order valence-electron chi connectivity index (χ1n) is 9.56. The maximum absolute atomic E-state index is 12.7. The van der Waals surface area contributed by atoms with E-state index in [0.29, 0.717) is 13.0 Å². The van der Waals surface area contributed by atoms with Crippen LogP contribution in [0.1, 0.15) is 24.2 Å². The Kier molecular flexibility index (Phi) is 5.34. The van der Waals surface area contributed by atoms with Gasteiger partial charge in [0.2, 0.25) is 5.91 Å². The molecule has 0 radical (unpaired) electrons. The number of amides is 1. The number of carbonyl (C=O) groups excluding carboxylic acids is 1. The highest BCUT2D eigenvalue weighted by Crippen LogP contribution is 2.36. The Morgan fingerprint density at radius 2 is 2.11 bits per heavy atom. The number of furan rings is 1. The fourth-order valence-electron chi connectivity index (χ4n) is 3.90. The molecule has 1 saturated heterocycles. The van der Waals surface area contributed by atoms with Gasteiger partial charge in [0.05, 0.1) is 25.8 Å². The van der Waals surface area contributed by atoms with Gasteiger partial charge in [0.1, 0.15) is 12.4 Å². The minimum atomic E-state index is -0.147. The van der Waals surface area contributed by atoms with E-state index in [0.717, 1.165) is 55.3 Å². The van der Waals surface area contributed by atoms with Crippen LogP contribution in [0.4, 0.5) is 0 Å². The Morgan fingerprint density at radius 1 is 1.26 bits per heavy atom. The predicted molar refractivity (Wildman–Crippen MR) is 101 cm³/mol. The summed E-state index contributed by atoms with van der Waals surface area (Å²) in [7, 11) is 1.63. The number of fused-ring (bicyclic) bond motifs is 1. The summed E-state index contributed by atoms with van der Waals surface area (Å²) in [5.74, 6) is 2.44. The maximum Gasteiger partial charge on any atom is 0.227 e. The zero-order valence-corrected chi connectivity index (χ0v) is 15.6. The van der Waals surface area contributed by atoms with E-state index in [1.54, 1.807) is 13.4 Å². The predicted octanol–water partition coefficient (Wildman–Crippen LogP) is 2.62. The second kappa shape index (κ2) is 8.05. The van der Waals surface area contributed by atoms with Crippen molar-refractivity contribution < 1.29 is 18.7 Å². The lowest BCUT2D eigenvalue weighted by atomic mass is 9.94. The number of piperidine rings is 1. The number of nitrogens with zero attached hydrogens (tertiary/aromatic N) is 1. The van der Waals surface area contributed by atoms with E-state index < -0.39 is 0 Å². The molecule has 3 heterocycles. The average molecular weight is 370 g/mol. The molecule has 0 unspecified atom stereocenters. The number of rotatable bonds is 5. The van der Waals surface area contributed by atoms with Gasteiger partial charge < -0.3 is 19.2 Å². The lowest BCUT2D eigenvalue weighted by Gasteiger charge is -2.33. The molecule has 6 nitrogen and oxygen atoms in total. The Morgan fingerprint density at radius 3 is 2.85 bits per heavy atom. The Labute approximate surface area is 159 Å². The number of carbonyl (C=O) groups is 1. The monoisotopic (exact) mass is 370 g/mol. The third-order valence-electron chi connectivity index (χ3n) is 5.44. The molecule has 2 aliphatic heterocycles. The molecule has 0 bridgehead atoms. The molecule has 0 spiro atoms. The van der Waals surface area contributed by atoms with E-state index in [4.69, 9.17) is 13.9 Å². The van der Waals surface area contributed by atoms with Crippen molar-refractivity contribution in [2.45, 2.75) is 31.8 Å². The summed E-state index contributed by atoms with van der Waals surface area (Å²) in [6.07, 6.45) is 4.33. The lowest BCUT2D eigenvalue weighted by Crippen LogP contribution is -2.47. The minimum Gasteiger partial charge on any atom is -0.493 e. The quantitative estimate of drug-likeness (QED) is 0.877. The van der Waals surface area contributed by atoms with Gasteiger partial charge in [-0.2, -0.15) is 0 Å². The van der Waals surface area contributed by atoms with Crippen LogP contribution < -0.4 is 14.8 Å². The average Bonchev–Trinajstić information content (AvgIpc) is 3.21. The van der Waals surface area contributed by atoms with Crippen molar-refractivity contribution in [1.82, 2.24) is 10.2 Å². The van der Waals surface area contributed by atoms with Crippen molar-refractivity contribution in [2.75, 3.05) is 26.8 Å². The largest absolute Gasteiger partial charge is 0.493 e. The standard InChI is InChI=1S/C21H26N2O4/c1-25-19-6-2-4-15-12-16(14-27-20(15)19)21(24)22-17-7-9-23(10-8-17)13-18-5-3-11-26-18/h2-6,11,16-17H,7-10,12-14H2,1H3,(H,22,24)/t16-/m1/s1. The van der Waals surface area contributed by atoms with E-state index in [1.165, 1.54) is 0 Å². The summed E-state index contributed by atoms with van der Waals surface area (Å²) in [5, 5.41) is 3.23. The summed E-state index contributed by atoms with van der Waals surface area (Å²) in [4.78, 5) is 15.1. The molecule has 27 heavy (non-hydrogen) atoms. The smallest absolute Gasteiger partial charge is 0.227 e. The molecule has 1 atom stereocenters. The minimum absolute atomic E-state index is 0.0907. The van der Waals surface area contributed by atoms with Crippen molar-refractivity contribution in [3.63, 3.8) is 0 Å². The van der Waals surface area contributed by atoms with E-state index >= 15 is 0 Å². The number of benzene rings is 1. The van der Waals surface area contributed by atoms with Gasteiger partial charge in [-0.1, -0.05) is 12.1 Å². The summed E-state index contributed by atoms with van der Waals surface area (Å²) < 4.78 is 16.6. The molecule has 0 saturated carbocycles. The number of likely N-dealkylation sites (tertiary alicyclic amines) is 1. The summed E-state index contributed by atoms with van der Waals surface area (Å²) in [5.41, 5.74) is 1.04. The molecular formula is C21H26N2O4. The van der Waals surface area contributed by atoms with E-state index in [2.05, 4.69) is 10.2 Å². The van der Waals surface area contributed by atoms with Gasteiger partial charge in [-0.15, -0.1) is 0 Å². The highest BCUT2D eigenvalue weighted by molar-refractivity contribution is 5.80. The first-order valence-corrected chi connectivity index (χ1v) is 9.56.